The van der Waals surface area contributed by atoms with Gasteiger partial charge in [0.05, 0.1) is 5.75 Å². The zero-order chi connectivity index (χ0) is 19.8. The van der Waals surface area contributed by atoms with Gasteiger partial charge >= 0.3 is 0 Å². The first-order valence-electron chi connectivity index (χ1n) is 8.55. The standard InChI is InChI=1S/C20H19FN4O2S/c1-2-12-25-18(13-27-17-6-4-3-5-7-17)23-24-20(25)28-14-19(26)22-16-10-8-15(21)9-11-16/h2-11H,1,12-14H2,(H,22,26). The first kappa shape index (κ1) is 19.6. The number of rotatable bonds is 9. The Bertz CT molecular complexity index is 929. The number of carbonyl (C=O) groups is 1. The number of para-hydroxylation sites is 1. The molecule has 0 fully saturated rings. The molecular weight excluding hydrogens is 379 g/mol. The monoisotopic (exact) mass is 398 g/mol. The maximum Gasteiger partial charge on any atom is 0.234 e. The lowest BCUT2D eigenvalue weighted by Gasteiger charge is -2.09. The molecule has 144 valence electrons. The fraction of sp³-hybridized carbons (Fsp3) is 0.150. The van der Waals surface area contributed by atoms with E-state index in [2.05, 4.69) is 22.1 Å². The van der Waals surface area contributed by atoms with Gasteiger partial charge in [0, 0.05) is 12.2 Å². The first-order chi connectivity index (χ1) is 13.7. The van der Waals surface area contributed by atoms with Crippen LogP contribution in [0.15, 0.2) is 72.4 Å². The van der Waals surface area contributed by atoms with E-state index in [9.17, 15) is 9.18 Å². The Morgan fingerprint density at radius 1 is 1.18 bits per heavy atom. The number of nitrogens with one attached hydrogen (secondary N) is 1. The van der Waals surface area contributed by atoms with Crippen LogP contribution in [0.25, 0.3) is 0 Å². The number of ether oxygens (including phenoxy) is 1. The average Bonchev–Trinajstić information content (AvgIpc) is 3.09. The van der Waals surface area contributed by atoms with Crippen molar-refractivity contribution in [2.75, 3.05) is 11.1 Å². The first-order valence-corrected chi connectivity index (χ1v) is 9.53. The van der Waals surface area contributed by atoms with Crippen LogP contribution >= 0.6 is 11.8 Å². The molecule has 0 atom stereocenters. The van der Waals surface area contributed by atoms with E-state index in [-0.39, 0.29) is 24.1 Å². The molecule has 0 bridgehead atoms. The van der Waals surface area contributed by atoms with Gasteiger partial charge in [-0.3, -0.25) is 9.36 Å². The summed E-state index contributed by atoms with van der Waals surface area (Å²) < 4.78 is 20.5. The van der Waals surface area contributed by atoms with E-state index in [0.29, 0.717) is 23.2 Å². The molecule has 3 aromatic rings. The summed E-state index contributed by atoms with van der Waals surface area (Å²) in [6, 6.07) is 15.0. The molecule has 1 amide bonds. The summed E-state index contributed by atoms with van der Waals surface area (Å²) in [6.07, 6.45) is 1.73. The Kier molecular flexibility index (Phi) is 6.80. The molecule has 0 aliphatic rings. The van der Waals surface area contributed by atoms with E-state index in [4.69, 9.17) is 4.74 Å². The number of allylic oxidation sites excluding steroid dienone is 1. The fourth-order valence-corrected chi connectivity index (χ4v) is 3.14. The fourth-order valence-electron chi connectivity index (χ4n) is 2.37. The van der Waals surface area contributed by atoms with Gasteiger partial charge in [-0.2, -0.15) is 0 Å². The van der Waals surface area contributed by atoms with Gasteiger partial charge in [-0.1, -0.05) is 36.0 Å². The number of carbonyl (C=O) groups excluding carboxylic acids is 1. The molecule has 0 spiro atoms. The van der Waals surface area contributed by atoms with Gasteiger partial charge in [0.1, 0.15) is 18.2 Å². The highest BCUT2D eigenvalue weighted by Gasteiger charge is 2.14. The van der Waals surface area contributed by atoms with Crippen molar-refractivity contribution in [3.05, 3.63) is 78.9 Å². The van der Waals surface area contributed by atoms with Crippen molar-refractivity contribution in [1.82, 2.24) is 14.8 Å². The second kappa shape index (κ2) is 9.70. The third-order valence-electron chi connectivity index (χ3n) is 3.68. The number of nitrogens with zero attached hydrogens (tertiary/aromatic N) is 3. The summed E-state index contributed by atoms with van der Waals surface area (Å²) in [5, 5.41) is 11.6. The minimum Gasteiger partial charge on any atom is -0.486 e. The number of hydrogen-bond donors (Lipinski definition) is 1. The average molecular weight is 398 g/mol. The predicted octanol–water partition coefficient (Wildman–Crippen LogP) is 3.91. The predicted molar refractivity (Wildman–Crippen MR) is 107 cm³/mol. The highest BCUT2D eigenvalue weighted by atomic mass is 32.2. The van der Waals surface area contributed by atoms with Gasteiger partial charge in [0.25, 0.3) is 0 Å². The van der Waals surface area contributed by atoms with Crippen LogP contribution in [0.1, 0.15) is 5.82 Å². The van der Waals surface area contributed by atoms with Crippen molar-refractivity contribution >= 4 is 23.4 Å². The molecule has 3 rings (SSSR count). The summed E-state index contributed by atoms with van der Waals surface area (Å²) >= 11 is 1.26. The Morgan fingerprint density at radius 3 is 2.64 bits per heavy atom. The molecule has 0 aliphatic carbocycles. The van der Waals surface area contributed by atoms with Crippen LogP contribution in [-0.4, -0.2) is 26.4 Å². The van der Waals surface area contributed by atoms with Crippen molar-refractivity contribution in [1.29, 1.82) is 0 Å². The lowest BCUT2D eigenvalue weighted by atomic mass is 10.3. The minimum atomic E-state index is -0.352. The summed E-state index contributed by atoms with van der Waals surface area (Å²) in [6.45, 7) is 4.52. The molecule has 2 aromatic carbocycles. The van der Waals surface area contributed by atoms with E-state index in [0.717, 1.165) is 5.75 Å². The molecule has 0 saturated carbocycles. The molecule has 8 heteroatoms. The molecule has 0 aliphatic heterocycles. The van der Waals surface area contributed by atoms with Crippen LogP contribution in [-0.2, 0) is 17.9 Å². The molecule has 0 radical (unpaired) electrons. The molecule has 1 aromatic heterocycles. The summed E-state index contributed by atoms with van der Waals surface area (Å²) in [5.74, 6) is 0.961. The molecule has 1 N–H and O–H groups in total. The van der Waals surface area contributed by atoms with E-state index in [1.807, 2.05) is 34.9 Å². The SMILES string of the molecule is C=CCn1c(COc2ccccc2)nnc1SCC(=O)Nc1ccc(F)cc1. The second-order valence-electron chi connectivity index (χ2n) is 5.74. The van der Waals surface area contributed by atoms with Crippen molar-refractivity contribution < 1.29 is 13.9 Å². The van der Waals surface area contributed by atoms with Crippen molar-refractivity contribution in [3.63, 3.8) is 0 Å². The van der Waals surface area contributed by atoms with Gasteiger partial charge in [-0.05, 0) is 36.4 Å². The lowest BCUT2D eigenvalue weighted by molar-refractivity contribution is -0.113. The summed E-state index contributed by atoms with van der Waals surface area (Å²) in [7, 11) is 0. The third-order valence-corrected chi connectivity index (χ3v) is 4.64. The molecule has 6 nitrogen and oxygen atoms in total. The number of aromatic nitrogens is 3. The number of halogens is 1. The third kappa shape index (κ3) is 5.43. The van der Waals surface area contributed by atoms with Gasteiger partial charge in [-0.15, -0.1) is 16.8 Å². The maximum atomic E-state index is 12.9. The Balaban J connectivity index is 1.59. The van der Waals surface area contributed by atoms with Crippen molar-refractivity contribution in [2.45, 2.75) is 18.3 Å². The highest BCUT2D eigenvalue weighted by Crippen LogP contribution is 2.19. The van der Waals surface area contributed by atoms with Crippen LogP contribution < -0.4 is 10.1 Å². The quantitative estimate of drug-likeness (QED) is 0.437. The van der Waals surface area contributed by atoms with Crippen molar-refractivity contribution in [3.8, 4) is 5.75 Å². The second-order valence-corrected chi connectivity index (χ2v) is 6.69. The smallest absolute Gasteiger partial charge is 0.234 e. The number of hydrogen-bond acceptors (Lipinski definition) is 5. The van der Waals surface area contributed by atoms with Crippen LogP contribution in [0, 0.1) is 5.82 Å². The van der Waals surface area contributed by atoms with Gasteiger partial charge in [0.15, 0.2) is 11.0 Å². The molecule has 1 heterocycles. The van der Waals surface area contributed by atoms with Crippen LogP contribution in [0.2, 0.25) is 0 Å². The van der Waals surface area contributed by atoms with Crippen LogP contribution in [0.3, 0.4) is 0 Å². The highest BCUT2D eigenvalue weighted by molar-refractivity contribution is 7.99. The zero-order valence-electron chi connectivity index (χ0n) is 15.0. The van der Waals surface area contributed by atoms with Crippen LogP contribution in [0.4, 0.5) is 10.1 Å². The molecule has 0 unspecified atom stereocenters. The minimum absolute atomic E-state index is 0.145. The number of anilines is 1. The summed E-state index contributed by atoms with van der Waals surface area (Å²) in [5.41, 5.74) is 0.538. The molecule has 0 saturated heterocycles. The molecular formula is C20H19FN4O2S. The largest absolute Gasteiger partial charge is 0.486 e. The van der Waals surface area contributed by atoms with Gasteiger partial charge in [-0.25, -0.2) is 4.39 Å². The van der Waals surface area contributed by atoms with E-state index in [1.165, 1.54) is 36.0 Å². The number of thioether (sulfide) groups is 1. The zero-order valence-corrected chi connectivity index (χ0v) is 15.9. The van der Waals surface area contributed by atoms with E-state index in [1.54, 1.807) is 6.08 Å². The van der Waals surface area contributed by atoms with E-state index < -0.39 is 0 Å². The Labute approximate surface area is 166 Å². The molecule has 28 heavy (non-hydrogen) atoms. The number of benzene rings is 2. The van der Waals surface area contributed by atoms with E-state index >= 15 is 0 Å². The number of amides is 1. The van der Waals surface area contributed by atoms with Crippen LogP contribution in [0.5, 0.6) is 5.75 Å². The normalized spacial score (nSPS) is 10.5. The maximum absolute atomic E-state index is 12.9. The van der Waals surface area contributed by atoms with Gasteiger partial charge in [0.2, 0.25) is 5.91 Å². The van der Waals surface area contributed by atoms with Crippen molar-refractivity contribution in [2.24, 2.45) is 0 Å². The Hall–Kier alpha value is -3.13. The summed E-state index contributed by atoms with van der Waals surface area (Å²) in [4.78, 5) is 12.1. The van der Waals surface area contributed by atoms with Gasteiger partial charge < -0.3 is 10.1 Å². The lowest BCUT2D eigenvalue weighted by Crippen LogP contribution is -2.15. The Morgan fingerprint density at radius 2 is 1.93 bits per heavy atom. The topological polar surface area (TPSA) is 69.0 Å².